The second-order valence-corrected chi connectivity index (χ2v) is 3.70. The van der Waals surface area contributed by atoms with Crippen LogP contribution in [0.3, 0.4) is 0 Å². The number of halogens is 1. The van der Waals surface area contributed by atoms with Crippen LogP contribution < -0.4 is 5.48 Å². The molecule has 1 aromatic carbocycles. The van der Waals surface area contributed by atoms with Crippen LogP contribution in [0.5, 0.6) is 0 Å². The fourth-order valence-electron chi connectivity index (χ4n) is 1.43. The Balaban J connectivity index is 2.38. The highest BCUT2D eigenvalue weighted by molar-refractivity contribution is 5.21. The van der Waals surface area contributed by atoms with E-state index in [1.54, 1.807) is 0 Å². The maximum Gasteiger partial charge on any atom is 0.107 e. The van der Waals surface area contributed by atoms with Gasteiger partial charge in [0.1, 0.15) is 6.67 Å². The summed E-state index contributed by atoms with van der Waals surface area (Å²) >= 11 is 0. The van der Waals surface area contributed by atoms with E-state index in [-0.39, 0.29) is 6.04 Å². The van der Waals surface area contributed by atoms with Gasteiger partial charge in [0.25, 0.3) is 0 Å². The van der Waals surface area contributed by atoms with Gasteiger partial charge >= 0.3 is 0 Å². The number of aryl methyl sites for hydroxylation is 2. The lowest BCUT2D eigenvalue weighted by atomic mass is 10.1. The molecule has 0 fully saturated rings. The van der Waals surface area contributed by atoms with Crippen LogP contribution in [0, 0.1) is 6.92 Å². The standard InChI is InChI=1S/C12H18FNO/c1-10-3-5-11(6-4-10)7-8-12(9-13)14-15-2/h3-6,12,14H,7-9H2,1-2H3. The van der Waals surface area contributed by atoms with E-state index < -0.39 is 6.67 Å². The summed E-state index contributed by atoms with van der Waals surface area (Å²) in [5, 5.41) is 0. The van der Waals surface area contributed by atoms with Crippen molar-refractivity contribution in [3.63, 3.8) is 0 Å². The molecule has 0 aromatic heterocycles. The maximum absolute atomic E-state index is 12.5. The zero-order chi connectivity index (χ0) is 11.1. The molecule has 0 bridgehead atoms. The summed E-state index contributed by atoms with van der Waals surface area (Å²) in [6.07, 6.45) is 1.61. The number of rotatable bonds is 6. The molecule has 84 valence electrons. The van der Waals surface area contributed by atoms with Gasteiger partial charge in [0.05, 0.1) is 13.2 Å². The maximum atomic E-state index is 12.5. The molecular weight excluding hydrogens is 193 g/mol. The van der Waals surface area contributed by atoms with Crippen molar-refractivity contribution < 1.29 is 9.23 Å². The summed E-state index contributed by atoms with van der Waals surface area (Å²) in [7, 11) is 1.51. The van der Waals surface area contributed by atoms with Crippen LogP contribution in [-0.2, 0) is 11.3 Å². The lowest BCUT2D eigenvalue weighted by Gasteiger charge is -2.13. The molecule has 0 aliphatic rings. The van der Waals surface area contributed by atoms with Gasteiger partial charge in [-0.2, -0.15) is 5.48 Å². The third-order valence-electron chi connectivity index (χ3n) is 2.37. The summed E-state index contributed by atoms with van der Waals surface area (Å²) in [6.45, 7) is 1.65. The minimum absolute atomic E-state index is 0.212. The van der Waals surface area contributed by atoms with Gasteiger partial charge < -0.3 is 4.84 Å². The van der Waals surface area contributed by atoms with Crippen molar-refractivity contribution in [2.45, 2.75) is 25.8 Å². The second-order valence-electron chi connectivity index (χ2n) is 3.70. The first-order valence-electron chi connectivity index (χ1n) is 5.16. The van der Waals surface area contributed by atoms with Crippen LogP contribution in [0.4, 0.5) is 4.39 Å². The van der Waals surface area contributed by atoms with Crippen molar-refractivity contribution in [3.05, 3.63) is 35.4 Å². The number of hydrogen-bond acceptors (Lipinski definition) is 2. The number of hydroxylamine groups is 1. The molecule has 0 heterocycles. The summed E-state index contributed by atoms with van der Waals surface area (Å²) in [4.78, 5) is 4.71. The molecule has 1 rings (SSSR count). The van der Waals surface area contributed by atoms with Crippen LogP contribution in [0.25, 0.3) is 0 Å². The number of nitrogens with one attached hydrogen (secondary N) is 1. The van der Waals surface area contributed by atoms with Crippen molar-refractivity contribution >= 4 is 0 Å². The van der Waals surface area contributed by atoms with Gasteiger partial charge in [0.15, 0.2) is 0 Å². The normalized spacial score (nSPS) is 12.7. The molecule has 2 nitrogen and oxygen atoms in total. The highest BCUT2D eigenvalue weighted by Gasteiger charge is 2.07. The number of hydrogen-bond donors (Lipinski definition) is 1. The third-order valence-corrected chi connectivity index (χ3v) is 2.37. The minimum Gasteiger partial charge on any atom is -0.305 e. The smallest absolute Gasteiger partial charge is 0.107 e. The molecular formula is C12H18FNO. The average molecular weight is 211 g/mol. The fraction of sp³-hybridized carbons (Fsp3) is 0.500. The second kappa shape index (κ2) is 6.53. The quantitative estimate of drug-likeness (QED) is 0.730. The zero-order valence-electron chi connectivity index (χ0n) is 9.29. The lowest BCUT2D eigenvalue weighted by molar-refractivity contribution is 0.0500. The molecule has 0 saturated carbocycles. The molecule has 0 radical (unpaired) electrons. The monoisotopic (exact) mass is 211 g/mol. The molecule has 0 spiro atoms. The highest BCUT2D eigenvalue weighted by Crippen LogP contribution is 2.07. The Kier molecular flexibility index (Phi) is 5.29. The minimum atomic E-state index is -0.403. The Bertz CT molecular complexity index is 273. The SMILES string of the molecule is CONC(CF)CCc1ccc(C)cc1. The summed E-state index contributed by atoms with van der Waals surface area (Å²) in [6, 6.07) is 8.10. The van der Waals surface area contributed by atoms with Crippen molar-refractivity contribution in [1.82, 2.24) is 5.48 Å². The van der Waals surface area contributed by atoms with Gasteiger partial charge in [-0.3, -0.25) is 0 Å². The first-order chi connectivity index (χ1) is 7.26. The predicted octanol–water partition coefficient (Wildman–Crippen LogP) is 2.42. The first kappa shape index (κ1) is 12.1. The molecule has 0 aliphatic carbocycles. The van der Waals surface area contributed by atoms with Gasteiger partial charge in [-0.15, -0.1) is 0 Å². The Labute approximate surface area is 90.4 Å². The topological polar surface area (TPSA) is 21.3 Å². The first-order valence-corrected chi connectivity index (χ1v) is 5.16. The van der Waals surface area contributed by atoms with Gasteiger partial charge in [-0.1, -0.05) is 29.8 Å². The van der Waals surface area contributed by atoms with Crippen LogP contribution in [0.15, 0.2) is 24.3 Å². The van der Waals surface area contributed by atoms with Gasteiger partial charge in [-0.05, 0) is 25.3 Å². The van der Waals surface area contributed by atoms with E-state index >= 15 is 0 Å². The summed E-state index contributed by atoms with van der Waals surface area (Å²) in [5.41, 5.74) is 5.12. The predicted molar refractivity (Wildman–Crippen MR) is 59.4 cm³/mol. The Morgan fingerprint density at radius 1 is 1.33 bits per heavy atom. The molecule has 3 heteroatoms. The molecule has 0 amide bonds. The molecule has 0 aliphatic heterocycles. The molecule has 1 atom stereocenters. The third kappa shape index (κ3) is 4.40. The van der Waals surface area contributed by atoms with E-state index in [1.807, 2.05) is 0 Å². The van der Waals surface area contributed by atoms with Crippen molar-refractivity contribution in [3.8, 4) is 0 Å². The van der Waals surface area contributed by atoms with Crippen LogP contribution in [-0.4, -0.2) is 19.8 Å². The summed E-state index contributed by atoms with van der Waals surface area (Å²) in [5.74, 6) is 0. The largest absolute Gasteiger partial charge is 0.305 e. The van der Waals surface area contributed by atoms with E-state index in [0.29, 0.717) is 0 Å². The Hall–Kier alpha value is -0.930. The molecule has 0 saturated heterocycles. The molecule has 1 aromatic rings. The molecule has 1 N–H and O–H groups in total. The van der Waals surface area contributed by atoms with Crippen molar-refractivity contribution in [1.29, 1.82) is 0 Å². The number of benzene rings is 1. The zero-order valence-corrected chi connectivity index (χ0v) is 9.29. The van der Waals surface area contributed by atoms with Crippen molar-refractivity contribution in [2.75, 3.05) is 13.8 Å². The molecule has 15 heavy (non-hydrogen) atoms. The van der Waals surface area contributed by atoms with Crippen LogP contribution in [0.1, 0.15) is 17.5 Å². The lowest BCUT2D eigenvalue weighted by Crippen LogP contribution is -2.30. The Morgan fingerprint density at radius 3 is 2.53 bits per heavy atom. The molecule has 1 unspecified atom stereocenters. The van der Waals surface area contributed by atoms with E-state index in [1.165, 1.54) is 18.2 Å². The Morgan fingerprint density at radius 2 is 2.00 bits per heavy atom. The average Bonchev–Trinajstić information content (AvgIpc) is 2.26. The summed E-state index contributed by atoms with van der Waals surface area (Å²) < 4.78 is 12.5. The van der Waals surface area contributed by atoms with Crippen LogP contribution in [0.2, 0.25) is 0 Å². The number of alkyl halides is 1. The van der Waals surface area contributed by atoms with Crippen molar-refractivity contribution in [2.24, 2.45) is 0 Å². The van der Waals surface area contributed by atoms with Gasteiger partial charge in [0, 0.05) is 0 Å². The van der Waals surface area contributed by atoms with E-state index in [9.17, 15) is 4.39 Å². The fourth-order valence-corrected chi connectivity index (χ4v) is 1.43. The van der Waals surface area contributed by atoms with E-state index in [2.05, 4.69) is 36.7 Å². The van der Waals surface area contributed by atoms with E-state index in [4.69, 9.17) is 4.84 Å². The van der Waals surface area contributed by atoms with Gasteiger partial charge in [-0.25, -0.2) is 4.39 Å². The highest BCUT2D eigenvalue weighted by atomic mass is 19.1. The van der Waals surface area contributed by atoms with E-state index in [0.717, 1.165) is 12.8 Å². The van der Waals surface area contributed by atoms with Gasteiger partial charge in [0.2, 0.25) is 0 Å². The van der Waals surface area contributed by atoms with Crippen LogP contribution >= 0.6 is 0 Å².